The van der Waals surface area contributed by atoms with Gasteiger partial charge in [-0.3, -0.25) is 9.36 Å². The summed E-state index contributed by atoms with van der Waals surface area (Å²) in [7, 11) is 1.28. The van der Waals surface area contributed by atoms with Crippen molar-refractivity contribution in [2.24, 2.45) is 0 Å². The lowest BCUT2D eigenvalue weighted by Crippen LogP contribution is -2.36. The van der Waals surface area contributed by atoms with Crippen molar-refractivity contribution in [2.75, 3.05) is 20.2 Å². The SMILES string of the molecule is CCCN(CCC)C(=O)Cn1c(=O)oc2cc(C(=O)OC)ccc21. The lowest BCUT2D eigenvalue weighted by atomic mass is 10.2. The molecule has 0 unspecified atom stereocenters. The summed E-state index contributed by atoms with van der Waals surface area (Å²) in [5, 5.41) is 0. The van der Waals surface area contributed by atoms with Crippen LogP contribution in [0.5, 0.6) is 0 Å². The topological polar surface area (TPSA) is 81.8 Å². The summed E-state index contributed by atoms with van der Waals surface area (Å²) in [6.07, 6.45) is 1.71. The number of oxazole rings is 1. The van der Waals surface area contributed by atoms with E-state index in [0.717, 1.165) is 12.8 Å². The number of carbonyl (C=O) groups excluding carboxylic acids is 2. The van der Waals surface area contributed by atoms with Crippen molar-refractivity contribution < 1.29 is 18.7 Å². The highest BCUT2D eigenvalue weighted by Gasteiger charge is 2.18. The van der Waals surface area contributed by atoms with Crippen LogP contribution in [-0.2, 0) is 16.1 Å². The van der Waals surface area contributed by atoms with Gasteiger partial charge in [-0.1, -0.05) is 13.8 Å². The van der Waals surface area contributed by atoms with E-state index >= 15 is 0 Å². The summed E-state index contributed by atoms with van der Waals surface area (Å²) in [6, 6.07) is 4.57. The molecule has 0 atom stereocenters. The molecule has 0 saturated heterocycles. The Morgan fingerprint density at radius 3 is 2.46 bits per heavy atom. The van der Waals surface area contributed by atoms with Crippen LogP contribution in [0.25, 0.3) is 11.1 Å². The lowest BCUT2D eigenvalue weighted by Gasteiger charge is -2.21. The highest BCUT2D eigenvalue weighted by molar-refractivity contribution is 5.93. The number of methoxy groups -OCH3 is 1. The molecule has 0 bridgehead atoms. The Morgan fingerprint density at radius 2 is 1.88 bits per heavy atom. The number of carbonyl (C=O) groups is 2. The Bertz CT molecular complexity index is 784. The van der Waals surface area contributed by atoms with Gasteiger partial charge in [0.2, 0.25) is 5.91 Å². The molecule has 24 heavy (non-hydrogen) atoms. The zero-order chi connectivity index (χ0) is 17.7. The largest absolute Gasteiger partial charge is 0.465 e. The predicted octanol–water partition coefficient (Wildman–Crippen LogP) is 2.03. The molecule has 7 heteroatoms. The van der Waals surface area contributed by atoms with Crippen LogP contribution < -0.4 is 5.76 Å². The van der Waals surface area contributed by atoms with Crippen LogP contribution in [0.1, 0.15) is 37.0 Å². The summed E-state index contributed by atoms with van der Waals surface area (Å²) >= 11 is 0. The van der Waals surface area contributed by atoms with Crippen LogP contribution in [0.2, 0.25) is 0 Å². The van der Waals surface area contributed by atoms with Gasteiger partial charge in [-0.05, 0) is 31.0 Å². The first-order valence-corrected chi connectivity index (χ1v) is 8.01. The first-order valence-electron chi connectivity index (χ1n) is 8.01. The molecule has 0 radical (unpaired) electrons. The second kappa shape index (κ2) is 7.81. The smallest absolute Gasteiger partial charge is 0.420 e. The van der Waals surface area contributed by atoms with Crippen LogP contribution in [0.3, 0.4) is 0 Å². The molecule has 1 heterocycles. The first kappa shape index (κ1) is 17.8. The standard InChI is InChI=1S/C17H22N2O5/c1-4-8-18(9-5-2)15(20)11-19-13-7-6-12(16(21)23-3)10-14(13)24-17(19)22/h6-7,10H,4-5,8-9,11H2,1-3H3. The molecule has 0 aliphatic carbocycles. The molecule has 0 N–H and O–H groups in total. The molecule has 0 fully saturated rings. The monoisotopic (exact) mass is 334 g/mol. The summed E-state index contributed by atoms with van der Waals surface area (Å²) < 4.78 is 11.1. The minimum atomic E-state index is -0.617. The summed E-state index contributed by atoms with van der Waals surface area (Å²) in [5.41, 5.74) is 1.03. The van der Waals surface area contributed by atoms with Gasteiger partial charge in [0.15, 0.2) is 5.58 Å². The van der Waals surface area contributed by atoms with Gasteiger partial charge >= 0.3 is 11.7 Å². The van der Waals surface area contributed by atoms with Crippen molar-refractivity contribution in [3.05, 3.63) is 34.3 Å². The van der Waals surface area contributed by atoms with Gasteiger partial charge < -0.3 is 14.1 Å². The number of amides is 1. The van der Waals surface area contributed by atoms with Gasteiger partial charge in [0.05, 0.1) is 18.2 Å². The fraction of sp³-hybridized carbons (Fsp3) is 0.471. The fourth-order valence-electron chi connectivity index (χ4n) is 2.60. The molecule has 130 valence electrons. The van der Waals surface area contributed by atoms with E-state index in [1.54, 1.807) is 17.0 Å². The number of benzene rings is 1. The van der Waals surface area contributed by atoms with E-state index < -0.39 is 11.7 Å². The van der Waals surface area contributed by atoms with E-state index in [1.807, 2.05) is 13.8 Å². The van der Waals surface area contributed by atoms with E-state index in [1.165, 1.54) is 17.7 Å². The Labute approximate surface area is 139 Å². The quantitative estimate of drug-likeness (QED) is 0.724. The second-order valence-electron chi connectivity index (χ2n) is 5.51. The molecule has 0 saturated carbocycles. The average Bonchev–Trinajstić information content (AvgIpc) is 2.88. The molecule has 1 aromatic carbocycles. The number of hydrogen-bond donors (Lipinski definition) is 0. The molecule has 0 aliphatic rings. The Balaban J connectivity index is 2.32. The maximum absolute atomic E-state index is 12.5. The summed E-state index contributed by atoms with van der Waals surface area (Å²) in [6.45, 7) is 5.24. The molecule has 7 nitrogen and oxygen atoms in total. The zero-order valence-electron chi connectivity index (χ0n) is 14.2. The minimum Gasteiger partial charge on any atom is -0.465 e. The number of fused-ring (bicyclic) bond motifs is 1. The van der Waals surface area contributed by atoms with Crippen molar-refractivity contribution in [1.82, 2.24) is 9.47 Å². The van der Waals surface area contributed by atoms with Crippen molar-refractivity contribution in [3.63, 3.8) is 0 Å². The predicted molar refractivity (Wildman–Crippen MR) is 89.0 cm³/mol. The zero-order valence-corrected chi connectivity index (χ0v) is 14.2. The number of rotatable bonds is 7. The minimum absolute atomic E-state index is 0.0800. The highest BCUT2D eigenvalue weighted by Crippen LogP contribution is 2.16. The first-order chi connectivity index (χ1) is 11.5. The summed E-state index contributed by atoms with van der Waals surface area (Å²) in [5.74, 6) is -1.26. The average molecular weight is 334 g/mol. The highest BCUT2D eigenvalue weighted by atomic mass is 16.5. The van der Waals surface area contributed by atoms with Crippen LogP contribution in [-0.4, -0.2) is 41.5 Å². The third kappa shape index (κ3) is 3.67. The van der Waals surface area contributed by atoms with E-state index in [4.69, 9.17) is 4.42 Å². The van der Waals surface area contributed by atoms with Crippen molar-refractivity contribution in [1.29, 1.82) is 0 Å². The number of hydrogen-bond acceptors (Lipinski definition) is 5. The van der Waals surface area contributed by atoms with Gasteiger partial charge in [0.1, 0.15) is 6.54 Å². The number of ether oxygens (including phenoxy) is 1. The molecule has 2 aromatic rings. The molecule has 1 aromatic heterocycles. The third-order valence-electron chi connectivity index (χ3n) is 3.72. The Kier molecular flexibility index (Phi) is 5.78. The number of esters is 1. The molecule has 0 spiro atoms. The second-order valence-corrected chi connectivity index (χ2v) is 5.51. The van der Waals surface area contributed by atoms with Crippen LogP contribution in [0.15, 0.2) is 27.4 Å². The van der Waals surface area contributed by atoms with Crippen LogP contribution >= 0.6 is 0 Å². The normalized spacial score (nSPS) is 10.8. The number of nitrogens with zero attached hydrogens (tertiary/aromatic N) is 2. The lowest BCUT2D eigenvalue weighted by molar-refractivity contribution is -0.132. The van der Waals surface area contributed by atoms with Gasteiger partial charge in [0, 0.05) is 13.1 Å². The molecular formula is C17H22N2O5. The molecule has 1 amide bonds. The van der Waals surface area contributed by atoms with Crippen LogP contribution in [0, 0.1) is 0 Å². The van der Waals surface area contributed by atoms with Crippen molar-refractivity contribution in [3.8, 4) is 0 Å². The Morgan fingerprint density at radius 1 is 1.21 bits per heavy atom. The summed E-state index contributed by atoms with van der Waals surface area (Å²) in [4.78, 5) is 37.8. The van der Waals surface area contributed by atoms with E-state index in [-0.39, 0.29) is 23.6 Å². The maximum atomic E-state index is 12.5. The van der Waals surface area contributed by atoms with Gasteiger partial charge in [0.25, 0.3) is 0 Å². The van der Waals surface area contributed by atoms with E-state index in [2.05, 4.69) is 4.74 Å². The number of aromatic nitrogens is 1. The Hall–Kier alpha value is -2.57. The van der Waals surface area contributed by atoms with E-state index in [9.17, 15) is 14.4 Å². The van der Waals surface area contributed by atoms with E-state index in [0.29, 0.717) is 18.6 Å². The third-order valence-corrected chi connectivity index (χ3v) is 3.72. The molecule has 2 rings (SSSR count). The van der Waals surface area contributed by atoms with Gasteiger partial charge in [-0.25, -0.2) is 9.59 Å². The van der Waals surface area contributed by atoms with Crippen LogP contribution in [0.4, 0.5) is 0 Å². The van der Waals surface area contributed by atoms with Gasteiger partial charge in [-0.2, -0.15) is 0 Å². The molecular weight excluding hydrogens is 312 g/mol. The fourth-order valence-corrected chi connectivity index (χ4v) is 2.60. The molecule has 0 aliphatic heterocycles. The van der Waals surface area contributed by atoms with Crippen molar-refractivity contribution >= 4 is 23.0 Å². The maximum Gasteiger partial charge on any atom is 0.420 e. The van der Waals surface area contributed by atoms with Crippen molar-refractivity contribution in [2.45, 2.75) is 33.2 Å². The van der Waals surface area contributed by atoms with Gasteiger partial charge in [-0.15, -0.1) is 0 Å².